The Labute approximate surface area is 260 Å². The second kappa shape index (κ2) is 13.6. The van der Waals surface area contributed by atoms with Gasteiger partial charge in [0.1, 0.15) is 47.0 Å². The van der Waals surface area contributed by atoms with Gasteiger partial charge in [0, 0.05) is 18.1 Å². The summed E-state index contributed by atoms with van der Waals surface area (Å²) in [6.07, 6.45) is -2.81. The van der Waals surface area contributed by atoms with Crippen LogP contribution in [0, 0.1) is 6.92 Å². The molecule has 16 heteroatoms. The molecule has 2 aromatic rings. The Morgan fingerprint density at radius 2 is 2.00 bits per heavy atom. The van der Waals surface area contributed by atoms with Crippen LogP contribution in [-0.4, -0.2) is 93.4 Å². The number of cyclic esters (lactones) is 2. The van der Waals surface area contributed by atoms with Gasteiger partial charge in [-0.05, 0) is 31.9 Å². The standard InChI is InChI=1S/C27H31N5O8S3/c1-13(28)24(34)39-18(16-7-5-4-6-8-16)9-29-20-22(33)32-21(25(35)37-10-19-14(2)38-27(36)40-19)17(11-41-23(20)32)12-42-26-31-30-15(3)43-26/h4-8,13-14,18-20,23,29H,9-12,28H2,1-3H3/t13-,14?,18?,19?,20?,23-/m0/s1. The highest BCUT2D eigenvalue weighted by molar-refractivity contribution is 8.01. The molecule has 43 heavy (non-hydrogen) atoms. The Balaban J connectivity index is 1.30. The topological polar surface area (TPSA) is 172 Å². The molecule has 5 rings (SSSR count). The molecule has 2 saturated heterocycles. The van der Waals surface area contributed by atoms with Crippen LogP contribution in [0.5, 0.6) is 0 Å². The number of ether oxygens (including phenoxy) is 4. The maximum Gasteiger partial charge on any atom is 0.509 e. The van der Waals surface area contributed by atoms with Crippen molar-refractivity contribution in [3.05, 3.63) is 52.2 Å². The van der Waals surface area contributed by atoms with Crippen molar-refractivity contribution in [2.45, 2.75) is 60.9 Å². The van der Waals surface area contributed by atoms with E-state index in [1.165, 1.54) is 39.8 Å². The van der Waals surface area contributed by atoms with Crippen molar-refractivity contribution in [1.29, 1.82) is 0 Å². The minimum atomic E-state index is -0.821. The normalized spacial score (nSPS) is 24.4. The lowest BCUT2D eigenvalue weighted by atomic mass is 10.0. The summed E-state index contributed by atoms with van der Waals surface area (Å²) in [5.74, 6) is -0.682. The summed E-state index contributed by atoms with van der Waals surface area (Å²) >= 11 is 4.39. The van der Waals surface area contributed by atoms with E-state index in [-0.39, 0.29) is 30.1 Å². The van der Waals surface area contributed by atoms with Crippen molar-refractivity contribution in [3.63, 3.8) is 0 Å². The average molecular weight is 650 g/mol. The van der Waals surface area contributed by atoms with Gasteiger partial charge in [-0.3, -0.25) is 19.8 Å². The van der Waals surface area contributed by atoms with Crippen LogP contribution in [0.3, 0.4) is 0 Å². The number of hydrogen-bond donors (Lipinski definition) is 2. The van der Waals surface area contributed by atoms with Gasteiger partial charge in [0.05, 0.1) is 0 Å². The number of aryl methyl sites for hydroxylation is 1. The Bertz CT molecular complexity index is 1400. The Hall–Kier alpha value is -3.18. The maximum absolute atomic E-state index is 13.5. The molecule has 3 aliphatic rings. The number of amides is 1. The third-order valence-electron chi connectivity index (χ3n) is 6.87. The largest absolute Gasteiger partial charge is 0.509 e. The van der Waals surface area contributed by atoms with Crippen molar-refractivity contribution in [2.24, 2.45) is 5.73 Å². The van der Waals surface area contributed by atoms with E-state index in [0.29, 0.717) is 11.5 Å². The number of hydrogen-bond acceptors (Lipinski definition) is 15. The summed E-state index contributed by atoms with van der Waals surface area (Å²) in [5, 5.41) is 11.8. The van der Waals surface area contributed by atoms with Crippen molar-refractivity contribution < 1.29 is 38.1 Å². The van der Waals surface area contributed by atoms with E-state index in [9.17, 15) is 19.2 Å². The molecular weight excluding hydrogens is 619 g/mol. The molecule has 0 saturated carbocycles. The lowest BCUT2D eigenvalue weighted by molar-refractivity contribution is -0.154. The SMILES string of the molecule is Cc1nnc(SCC2=C(C(=O)OCC3OC(=O)OC3C)N3C(=O)C(NCC(OC(=O)[C@H](C)N)c4ccccc4)[C@@H]3SC2)s1. The van der Waals surface area contributed by atoms with Gasteiger partial charge in [0.25, 0.3) is 0 Å². The number of thioether (sulfide) groups is 2. The molecule has 1 amide bonds. The third-order valence-corrected chi connectivity index (χ3v) is 10.3. The highest BCUT2D eigenvalue weighted by atomic mass is 32.2. The number of carbonyl (C=O) groups is 4. The quantitative estimate of drug-likeness (QED) is 0.148. The van der Waals surface area contributed by atoms with Gasteiger partial charge in [-0.15, -0.1) is 22.0 Å². The molecule has 13 nitrogen and oxygen atoms in total. The van der Waals surface area contributed by atoms with Crippen LogP contribution in [0.1, 0.15) is 30.5 Å². The van der Waals surface area contributed by atoms with E-state index < -0.39 is 48.5 Å². The first-order valence-electron chi connectivity index (χ1n) is 13.5. The fraction of sp³-hybridized carbons (Fsp3) is 0.481. The predicted octanol–water partition coefficient (Wildman–Crippen LogP) is 2.16. The molecule has 0 spiro atoms. The Kier molecular flexibility index (Phi) is 9.91. The molecule has 3 N–H and O–H groups in total. The Morgan fingerprint density at radius 1 is 1.23 bits per heavy atom. The second-order valence-electron chi connectivity index (χ2n) is 10.1. The molecule has 1 aromatic carbocycles. The summed E-state index contributed by atoms with van der Waals surface area (Å²) in [6, 6.07) is 7.75. The molecule has 4 unspecified atom stereocenters. The number of carbonyl (C=O) groups excluding carboxylic acids is 4. The van der Waals surface area contributed by atoms with E-state index >= 15 is 0 Å². The van der Waals surface area contributed by atoms with Crippen LogP contribution in [0.4, 0.5) is 4.79 Å². The highest BCUT2D eigenvalue weighted by Gasteiger charge is 2.54. The van der Waals surface area contributed by atoms with Gasteiger partial charge < -0.3 is 24.7 Å². The zero-order valence-corrected chi connectivity index (χ0v) is 26.0. The van der Waals surface area contributed by atoms with Crippen LogP contribution >= 0.6 is 34.9 Å². The molecule has 0 radical (unpaired) electrons. The zero-order chi connectivity index (χ0) is 30.7. The van der Waals surface area contributed by atoms with Gasteiger partial charge >= 0.3 is 18.1 Å². The van der Waals surface area contributed by atoms with Crippen molar-refractivity contribution in [2.75, 3.05) is 24.7 Å². The molecule has 0 bridgehead atoms. The number of nitrogens with zero attached hydrogens (tertiary/aromatic N) is 3. The molecule has 230 valence electrons. The zero-order valence-electron chi connectivity index (χ0n) is 23.6. The van der Waals surface area contributed by atoms with Crippen LogP contribution in [0.2, 0.25) is 0 Å². The fourth-order valence-electron chi connectivity index (χ4n) is 4.57. The van der Waals surface area contributed by atoms with Gasteiger partial charge in [0.15, 0.2) is 10.4 Å². The third kappa shape index (κ3) is 7.15. The summed E-state index contributed by atoms with van der Waals surface area (Å²) in [7, 11) is 0. The predicted molar refractivity (Wildman–Crippen MR) is 158 cm³/mol. The van der Waals surface area contributed by atoms with Crippen LogP contribution in [-0.2, 0) is 33.3 Å². The smallest absolute Gasteiger partial charge is 0.457 e. The number of rotatable bonds is 12. The summed E-state index contributed by atoms with van der Waals surface area (Å²) in [6.45, 7) is 5.00. The van der Waals surface area contributed by atoms with Crippen LogP contribution < -0.4 is 11.1 Å². The Morgan fingerprint density at radius 3 is 2.65 bits per heavy atom. The number of fused-ring (bicyclic) bond motifs is 1. The van der Waals surface area contributed by atoms with E-state index in [1.54, 1.807) is 13.8 Å². The highest BCUT2D eigenvalue weighted by Crippen LogP contribution is 2.42. The molecule has 4 heterocycles. The van der Waals surface area contributed by atoms with Gasteiger partial charge in [-0.1, -0.05) is 53.4 Å². The summed E-state index contributed by atoms with van der Waals surface area (Å²) < 4.78 is 22.0. The monoisotopic (exact) mass is 649 g/mol. The minimum absolute atomic E-state index is 0.164. The van der Waals surface area contributed by atoms with Crippen LogP contribution in [0.25, 0.3) is 0 Å². The first-order valence-corrected chi connectivity index (χ1v) is 16.4. The van der Waals surface area contributed by atoms with E-state index in [4.69, 9.17) is 24.7 Å². The van der Waals surface area contributed by atoms with Crippen molar-refractivity contribution in [1.82, 2.24) is 20.4 Å². The van der Waals surface area contributed by atoms with Crippen molar-refractivity contribution >= 4 is 58.9 Å². The summed E-state index contributed by atoms with van der Waals surface area (Å²) in [4.78, 5) is 52.2. The van der Waals surface area contributed by atoms with Gasteiger partial charge in [-0.2, -0.15) is 0 Å². The van der Waals surface area contributed by atoms with E-state index in [1.807, 2.05) is 37.3 Å². The number of esters is 2. The molecule has 1 aromatic heterocycles. The fourth-order valence-corrected chi connectivity index (χ4v) is 7.90. The minimum Gasteiger partial charge on any atom is -0.457 e. The number of β-lactam (4-membered cyclic amide) rings is 1. The molecule has 3 aliphatic heterocycles. The second-order valence-corrected chi connectivity index (χ2v) is 13.6. The first-order chi connectivity index (χ1) is 20.6. The van der Waals surface area contributed by atoms with Gasteiger partial charge in [-0.25, -0.2) is 9.59 Å². The van der Waals surface area contributed by atoms with E-state index in [0.717, 1.165) is 20.5 Å². The molecule has 6 atom stereocenters. The van der Waals surface area contributed by atoms with Crippen molar-refractivity contribution in [3.8, 4) is 0 Å². The van der Waals surface area contributed by atoms with Crippen LogP contribution in [0.15, 0.2) is 45.9 Å². The number of nitrogens with one attached hydrogen (secondary N) is 1. The lowest BCUT2D eigenvalue weighted by Gasteiger charge is -2.50. The molecule has 2 fully saturated rings. The first kappa shape index (κ1) is 31.3. The summed E-state index contributed by atoms with van der Waals surface area (Å²) in [5.41, 5.74) is 7.36. The molecular formula is C27H31N5O8S3. The number of nitrogens with two attached hydrogens (primary N) is 1. The van der Waals surface area contributed by atoms with Gasteiger partial charge in [0.2, 0.25) is 5.91 Å². The molecule has 0 aliphatic carbocycles. The lowest BCUT2D eigenvalue weighted by Crippen LogP contribution is -2.70. The number of benzene rings is 1. The average Bonchev–Trinajstić information content (AvgIpc) is 3.56. The number of aromatic nitrogens is 2. The maximum atomic E-state index is 13.5. The van der Waals surface area contributed by atoms with E-state index in [2.05, 4.69) is 15.5 Å².